The van der Waals surface area contributed by atoms with Crippen molar-refractivity contribution in [3.05, 3.63) is 35.4 Å². The van der Waals surface area contributed by atoms with Crippen molar-refractivity contribution in [3.63, 3.8) is 0 Å². The molecule has 13 heteroatoms. The Labute approximate surface area is 174 Å². The molecule has 1 unspecified atom stereocenters. The first kappa shape index (κ1) is 25.6. The molecule has 0 saturated carbocycles. The minimum absolute atomic E-state index is 0.0984. The molecule has 10 nitrogen and oxygen atoms in total. The third-order valence-electron chi connectivity index (χ3n) is 3.62. The number of benzene rings is 1. The monoisotopic (exact) mass is 446 g/mol. The SMILES string of the molecule is CC(NC(=O)c1ccc(C(=N)N)cc1)C(=O)NCCCOCC(=O)OC(=O)C(F)(F)F. The third-order valence-corrected chi connectivity index (χ3v) is 3.62. The summed E-state index contributed by atoms with van der Waals surface area (Å²) in [5.74, 6) is -5.26. The van der Waals surface area contributed by atoms with Crippen LogP contribution in [0.2, 0.25) is 0 Å². The second-order valence-electron chi connectivity index (χ2n) is 6.14. The van der Waals surface area contributed by atoms with E-state index in [0.717, 1.165) is 0 Å². The number of halogens is 3. The van der Waals surface area contributed by atoms with E-state index in [1.54, 1.807) is 0 Å². The van der Waals surface area contributed by atoms with Gasteiger partial charge in [0.1, 0.15) is 18.5 Å². The van der Waals surface area contributed by atoms with Crippen LogP contribution in [-0.2, 0) is 23.9 Å². The van der Waals surface area contributed by atoms with E-state index in [9.17, 15) is 32.3 Å². The van der Waals surface area contributed by atoms with Crippen LogP contribution in [0.15, 0.2) is 24.3 Å². The number of rotatable bonds is 10. The minimum Gasteiger partial charge on any atom is -0.385 e. The number of nitrogens with one attached hydrogen (secondary N) is 3. The average molecular weight is 446 g/mol. The summed E-state index contributed by atoms with van der Waals surface area (Å²) in [6.45, 7) is 0.605. The molecular formula is C18H21F3N4O6. The van der Waals surface area contributed by atoms with E-state index >= 15 is 0 Å². The van der Waals surface area contributed by atoms with Crippen molar-refractivity contribution in [3.8, 4) is 0 Å². The van der Waals surface area contributed by atoms with E-state index < -0.39 is 42.6 Å². The van der Waals surface area contributed by atoms with Gasteiger partial charge in [-0.05, 0) is 25.5 Å². The highest BCUT2D eigenvalue weighted by molar-refractivity contribution is 5.99. The second kappa shape index (κ2) is 11.6. The van der Waals surface area contributed by atoms with Gasteiger partial charge in [-0.2, -0.15) is 13.2 Å². The topological polar surface area (TPSA) is 161 Å². The molecule has 1 aromatic rings. The molecule has 0 bridgehead atoms. The maximum absolute atomic E-state index is 12.1. The molecule has 0 radical (unpaired) electrons. The maximum Gasteiger partial charge on any atom is 0.491 e. The zero-order chi connectivity index (χ0) is 23.6. The van der Waals surface area contributed by atoms with Gasteiger partial charge in [-0.3, -0.25) is 15.0 Å². The van der Waals surface area contributed by atoms with Gasteiger partial charge >= 0.3 is 18.1 Å². The van der Waals surface area contributed by atoms with Gasteiger partial charge in [0.15, 0.2) is 0 Å². The Balaban J connectivity index is 2.25. The molecule has 0 spiro atoms. The summed E-state index contributed by atoms with van der Waals surface area (Å²) in [7, 11) is 0. The number of amides is 2. The van der Waals surface area contributed by atoms with E-state index in [2.05, 4.69) is 15.4 Å². The molecular weight excluding hydrogens is 425 g/mol. The molecule has 170 valence electrons. The van der Waals surface area contributed by atoms with Crippen molar-refractivity contribution in [1.82, 2.24) is 10.6 Å². The normalized spacial score (nSPS) is 11.9. The van der Waals surface area contributed by atoms with E-state index in [0.29, 0.717) is 5.56 Å². The number of carbonyl (C=O) groups is 4. The van der Waals surface area contributed by atoms with Crippen molar-refractivity contribution in [2.45, 2.75) is 25.6 Å². The van der Waals surface area contributed by atoms with E-state index in [4.69, 9.17) is 15.9 Å². The molecule has 0 aromatic heterocycles. The third kappa shape index (κ3) is 9.25. The number of carbonyl (C=O) groups excluding carboxylic acids is 4. The molecule has 31 heavy (non-hydrogen) atoms. The van der Waals surface area contributed by atoms with E-state index in [1.165, 1.54) is 31.2 Å². The number of esters is 2. The zero-order valence-electron chi connectivity index (χ0n) is 16.4. The largest absolute Gasteiger partial charge is 0.491 e. The van der Waals surface area contributed by atoms with Crippen LogP contribution in [0.3, 0.4) is 0 Å². The lowest BCUT2D eigenvalue weighted by atomic mass is 10.1. The summed E-state index contributed by atoms with van der Waals surface area (Å²) in [6, 6.07) is 5.04. The van der Waals surface area contributed by atoms with Crippen LogP contribution in [-0.4, -0.2) is 61.6 Å². The van der Waals surface area contributed by atoms with Crippen molar-refractivity contribution >= 4 is 29.6 Å². The Hall–Kier alpha value is -3.48. The van der Waals surface area contributed by atoms with Crippen molar-refractivity contribution in [2.24, 2.45) is 5.73 Å². The fourth-order valence-electron chi connectivity index (χ4n) is 2.03. The Bertz CT molecular complexity index is 827. The Morgan fingerprint density at radius 1 is 1.13 bits per heavy atom. The number of alkyl halides is 3. The highest BCUT2D eigenvalue weighted by atomic mass is 19.4. The summed E-state index contributed by atoms with van der Waals surface area (Å²) in [5, 5.41) is 12.3. The van der Waals surface area contributed by atoms with Gasteiger partial charge in [0.2, 0.25) is 5.91 Å². The first-order valence-corrected chi connectivity index (χ1v) is 8.84. The lowest BCUT2D eigenvalue weighted by Crippen LogP contribution is -2.45. The molecule has 2 amide bonds. The van der Waals surface area contributed by atoms with Gasteiger partial charge in [0.05, 0.1) is 0 Å². The Morgan fingerprint density at radius 3 is 2.26 bits per heavy atom. The number of nitrogens with two attached hydrogens (primary N) is 1. The predicted octanol–water partition coefficient (Wildman–Crippen LogP) is 0.244. The molecule has 0 aliphatic rings. The molecule has 5 N–H and O–H groups in total. The van der Waals surface area contributed by atoms with Crippen molar-refractivity contribution < 1.29 is 41.8 Å². The van der Waals surface area contributed by atoms with E-state index in [1.807, 2.05) is 0 Å². The fraction of sp³-hybridized carbons (Fsp3) is 0.389. The van der Waals surface area contributed by atoms with Crippen molar-refractivity contribution in [2.75, 3.05) is 19.8 Å². The summed E-state index contributed by atoms with van der Waals surface area (Å²) in [4.78, 5) is 45.6. The Kier molecular flexibility index (Phi) is 9.60. The molecule has 0 heterocycles. The molecule has 1 rings (SSSR count). The second-order valence-corrected chi connectivity index (χ2v) is 6.14. The van der Waals surface area contributed by atoms with Crippen LogP contribution in [0.1, 0.15) is 29.3 Å². The first-order chi connectivity index (χ1) is 14.4. The quantitative estimate of drug-likeness (QED) is 0.132. The Morgan fingerprint density at radius 2 is 1.71 bits per heavy atom. The highest BCUT2D eigenvalue weighted by Gasteiger charge is 2.42. The van der Waals surface area contributed by atoms with Gasteiger partial charge in [-0.1, -0.05) is 12.1 Å². The van der Waals surface area contributed by atoms with Gasteiger partial charge in [0, 0.05) is 24.3 Å². The van der Waals surface area contributed by atoms with Gasteiger partial charge in [0.25, 0.3) is 5.91 Å². The van der Waals surface area contributed by atoms with Crippen LogP contribution in [0, 0.1) is 5.41 Å². The number of hydrogen-bond donors (Lipinski definition) is 4. The summed E-state index contributed by atoms with van der Waals surface area (Å²) >= 11 is 0. The van der Waals surface area contributed by atoms with E-state index in [-0.39, 0.29) is 31.0 Å². The molecule has 0 fully saturated rings. The molecule has 0 aliphatic carbocycles. The van der Waals surface area contributed by atoms with Crippen LogP contribution in [0.25, 0.3) is 0 Å². The number of amidine groups is 1. The highest BCUT2D eigenvalue weighted by Crippen LogP contribution is 2.16. The van der Waals surface area contributed by atoms with Crippen LogP contribution in [0.4, 0.5) is 13.2 Å². The molecule has 1 atom stereocenters. The zero-order valence-corrected chi connectivity index (χ0v) is 16.4. The summed E-state index contributed by atoms with van der Waals surface area (Å²) in [6.07, 6.45) is -5.07. The maximum atomic E-state index is 12.1. The summed E-state index contributed by atoms with van der Waals surface area (Å²) < 4.78 is 44.0. The summed E-state index contributed by atoms with van der Waals surface area (Å²) in [5.41, 5.74) is 6.05. The predicted molar refractivity (Wildman–Crippen MR) is 100.0 cm³/mol. The molecule has 0 aliphatic heterocycles. The van der Waals surface area contributed by atoms with Gasteiger partial charge in [-0.15, -0.1) is 0 Å². The van der Waals surface area contributed by atoms with Gasteiger partial charge < -0.3 is 25.8 Å². The van der Waals surface area contributed by atoms with Crippen LogP contribution in [0.5, 0.6) is 0 Å². The minimum atomic E-state index is -5.27. The molecule has 1 aromatic carbocycles. The molecule has 0 saturated heterocycles. The lowest BCUT2D eigenvalue weighted by molar-refractivity contribution is -0.203. The number of hydrogen-bond acceptors (Lipinski definition) is 7. The van der Waals surface area contributed by atoms with Gasteiger partial charge in [-0.25, -0.2) is 9.59 Å². The van der Waals surface area contributed by atoms with Crippen LogP contribution < -0.4 is 16.4 Å². The first-order valence-electron chi connectivity index (χ1n) is 8.84. The standard InChI is InChI=1S/C18H21F3N4O6/c1-10(25-16(28)12-5-3-11(4-6-12)14(22)23)15(27)24-7-2-8-30-9-13(26)31-17(29)18(19,20)21/h3-6,10H,2,7-9H2,1H3,(H3,22,23)(H,24,27)(H,25,28). The smallest absolute Gasteiger partial charge is 0.385 e. The average Bonchev–Trinajstić information content (AvgIpc) is 2.69. The number of nitrogen functional groups attached to an aromatic ring is 1. The van der Waals surface area contributed by atoms with Crippen LogP contribution >= 0.6 is 0 Å². The number of ether oxygens (including phenoxy) is 2. The van der Waals surface area contributed by atoms with Crippen molar-refractivity contribution in [1.29, 1.82) is 5.41 Å². The fourth-order valence-corrected chi connectivity index (χ4v) is 2.03. The lowest BCUT2D eigenvalue weighted by Gasteiger charge is -2.14.